The van der Waals surface area contributed by atoms with Crippen molar-refractivity contribution in [2.24, 2.45) is 5.73 Å². The Morgan fingerprint density at radius 1 is 1.06 bits per heavy atom. The third-order valence-corrected chi connectivity index (χ3v) is 4.79. The molecule has 0 saturated carbocycles. The first-order chi connectivity index (χ1) is 16.6. The molecule has 10 heteroatoms. The lowest BCUT2D eigenvalue weighted by Gasteiger charge is -2.16. The van der Waals surface area contributed by atoms with Crippen molar-refractivity contribution >= 4 is 35.7 Å². The molecule has 0 aliphatic rings. The molecular formula is C25H27N3O7. The fourth-order valence-corrected chi connectivity index (χ4v) is 2.93. The summed E-state index contributed by atoms with van der Waals surface area (Å²) >= 11 is 0. The molecule has 0 bridgehead atoms. The fourth-order valence-electron chi connectivity index (χ4n) is 2.93. The number of nitrogens with one attached hydrogen (secondary N) is 2. The fraction of sp³-hybridized carbons (Fsp3) is 0.240. The Balaban J connectivity index is 2.03. The van der Waals surface area contributed by atoms with Gasteiger partial charge in [0.25, 0.3) is 0 Å². The van der Waals surface area contributed by atoms with Crippen LogP contribution in [0.15, 0.2) is 54.1 Å². The molecule has 0 fully saturated rings. The van der Waals surface area contributed by atoms with Crippen LogP contribution in [-0.4, -0.2) is 47.4 Å². The second-order valence-electron chi connectivity index (χ2n) is 7.49. The van der Waals surface area contributed by atoms with Crippen LogP contribution in [0.3, 0.4) is 0 Å². The van der Waals surface area contributed by atoms with Crippen LogP contribution in [0.25, 0.3) is 6.08 Å². The maximum atomic E-state index is 12.5. The quantitative estimate of drug-likeness (QED) is 0.125. The summed E-state index contributed by atoms with van der Waals surface area (Å²) in [7, 11) is 0. The van der Waals surface area contributed by atoms with E-state index in [9.17, 15) is 19.2 Å². The van der Waals surface area contributed by atoms with Crippen LogP contribution in [-0.2, 0) is 19.1 Å². The van der Waals surface area contributed by atoms with Crippen LogP contribution >= 0.6 is 0 Å². The summed E-state index contributed by atoms with van der Waals surface area (Å²) in [5, 5.41) is 18.7. The van der Waals surface area contributed by atoms with Gasteiger partial charge in [0, 0.05) is 17.6 Å². The lowest BCUT2D eigenvalue weighted by atomic mass is 10.1. The zero-order valence-corrected chi connectivity index (χ0v) is 19.4. The standard InChI is InChI=1S/C25H27N3O7/c1-3-34-25(33)20(12-13-21(29)30)28-23(31)15(2)14-16-4-6-18(7-5-16)24(32)35-19-10-8-17(9-11-19)22(26)27/h4-11,14,20H,3,12-13H2,1-2H3,(H3,26,27)(H,28,31)(H,29,30)/b15-14+/t20-/m1/s1. The molecule has 2 aromatic rings. The van der Waals surface area contributed by atoms with E-state index in [0.29, 0.717) is 16.9 Å². The monoisotopic (exact) mass is 481 g/mol. The van der Waals surface area contributed by atoms with Gasteiger partial charge in [-0.3, -0.25) is 15.0 Å². The first-order valence-electron chi connectivity index (χ1n) is 10.7. The van der Waals surface area contributed by atoms with E-state index in [4.69, 9.17) is 25.7 Å². The van der Waals surface area contributed by atoms with Gasteiger partial charge >= 0.3 is 17.9 Å². The Morgan fingerprint density at radius 2 is 1.66 bits per heavy atom. The molecule has 10 nitrogen and oxygen atoms in total. The first kappa shape index (κ1) is 26.8. The Labute approximate surface area is 202 Å². The van der Waals surface area contributed by atoms with Gasteiger partial charge in [-0.15, -0.1) is 0 Å². The molecule has 1 amide bonds. The molecule has 1 atom stereocenters. The van der Waals surface area contributed by atoms with Crippen LogP contribution in [0.2, 0.25) is 0 Å². The predicted octanol–water partition coefficient (Wildman–Crippen LogP) is 2.51. The minimum Gasteiger partial charge on any atom is -0.481 e. The second kappa shape index (κ2) is 12.7. The molecule has 184 valence electrons. The number of amides is 1. The number of carbonyl (C=O) groups excluding carboxylic acids is 3. The van der Waals surface area contributed by atoms with Crippen molar-refractivity contribution in [3.8, 4) is 5.75 Å². The lowest BCUT2D eigenvalue weighted by molar-refractivity contribution is -0.147. The van der Waals surface area contributed by atoms with Gasteiger partial charge in [-0.05, 0) is 68.3 Å². The lowest BCUT2D eigenvalue weighted by Crippen LogP contribution is -2.42. The summed E-state index contributed by atoms with van der Waals surface area (Å²) in [6.45, 7) is 3.26. The predicted molar refractivity (Wildman–Crippen MR) is 128 cm³/mol. The second-order valence-corrected chi connectivity index (χ2v) is 7.49. The Kier molecular flexibility index (Phi) is 9.71. The number of ether oxygens (including phenoxy) is 2. The summed E-state index contributed by atoms with van der Waals surface area (Å²) in [5.74, 6) is -2.71. The van der Waals surface area contributed by atoms with Crippen LogP contribution in [0.4, 0.5) is 0 Å². The van der Waals surface area contributed by atoms with E-state index in [-0.39, 0.29) is 36.4 Å². The van der Waals surface area contributed by atoms with E-state index in [1.807, 2.05) is 0 Å². The average Bonchev–Trinajstić information content (AvgIpc) is 2.82. The van der Waals surface area contributed by atoms with Crippen LogP contribution in [0.1, 0.15) is 48.2 Å². The van der Waals surface area contributed by atoms with E-state index in [2.05, 4.69) is 5.32 Å². The zero-order valence-electron chi connectivity index (χ0n) is 19.4. The number of benzene rings is 2. The summed E-state index contributed by atoms with van der Waals surface area (Å²) in [6.07, 6.45) is 1.16. The Hall–Kier alpha value is -4.47. The number of aliphatic carboxylic acids is 1. The highest BCUT2D eigenvalue weighted by Gasteiger charge is 2.23. The van der Waals surface area contributed by atoms with E-state index in [0.717, 1.165) is 0 Å². The number of rotatable bonds is 11. The molecule has 5 N–H and O–H groups in total. The third kappa shape index (κ3) is 8.43. The molecular weight excluding hydrogens is 454 g/mol. The SMILES string of the molecule is CCOC(=O)[C@@H](CCC(=O)O)NC(=O)/C(C)=C/c1ccc(C(=O)Oc2ccc(C(=N)N)cc2)cc1. The highest BCUT2D eigenvalue weighted by atomic mass is 16.5. The molecule has 0 saturated heterocycles. The number of nitrogens with two attached hydrogens (primary N) is 1. The summed E-state index contributed by atoms with van der Waals surface area (Å²) < 4.78 is 10.2. The van der Waals surface area contributed by atoms with Crippen molar-refractivity contribution in [3.05, 3.63) is 70.8 Å². The van der Waals surface area contributed by atoms with Crippen molar-refractivity contribution in [1.29, 1.82) is 5.41 Å². The molecule has 2 aromatic carbocycles. The maximum absolute atomic E-state index is 12.5. The average molecular weight is 482 g/mol. The number of nitrogen functional groups attached to an aromatic ring is 1. The molecule has 0 aliphatic carbocycles. The van der Waals surface area contributed by atoms with Crippen LogP contribution in [0.5, 0.6) is 5.75 Å². The van der Waals surface area contributed by atoms with Crippen molar-refractivity contribution in [3.63, 3.8) is 0 Å². The molecule has 0 aliphatic heterocycles. The Bertz CT molecular complexity index is 1120. The number of carbonyl (C=O) groups is 4. The molecule has 0 heterocycles. The van der Waals surface area contributed by atoms with Gasteiger partial charge in [0.15, 0.2) is 0 Å². The Morgan fingerprint density at radius 3 is 2.20 bits per heavy atom. The smallest absolute Gasteiger partial charge is 0.343 e. The molecule has 0 radical (unpaired) electrons. The number of amidine groups is 1. The van der Waals surface area contributed by atoms with Crippen molar-refractivity contribution in [2.45, 2.75) is 32.7 Å². The van der Waals surface area contributed by atoms with E-state index < -0.39 is 29.9 Å². The molecule has 0 unspecified atom stereocenters. The number of hydrogen-bond acceptors (Lipinski definition) is 7. The number of hydrogen-bond donors (Lipinski definition) is 4. The van der Waals surface area contributed by atoms with E-state index in [1.54, 1.807) is 44.2 Å². The number of carboxylic acids is 1. The summed E-state index contributed by atoms with van der Waals surface area (Å²) in [5.41, 5.74) is 7.10. The first-order valence-corrected chi connectivity index (χ1v) is 10.7. The molecule has 0 spiro atoms. The topological polar surface area (TPSA) is 169 Å². The molecule has 2 rings (SSSR count). The van der Waals surface area contributed by atoms with Gasteiger partial charge in [0.1, 0.15) is 17.6 Å². The van der Waals surface area contributed by atoms with Gasteiger partial charge < -0.3 is 25.6 Å². The molecule has 35 heavy (non-hydrogen) atoms. The van der Waals surface area contributed by atoms with Crippen LogP contribution in [0, 0.1) is 5.41 Å². The zero-order chi connectivity index (χ0) is 26.0. The van der Waals surface area contributed by atoms with Crippen molar-refractivity contribution < 1.29 is 33.8 Å². The largest absolute Gasteiger partial charge is 0.481 e. The normalized spacial score (nSPS) is 11.8. The summed E-state index contributed by atoms with van der Waals surface area (Å²) in [4.78, 5) is 47.8. The number of carboxylic acid groups (broad SMARTS) is 1. The summed E-state index contributed by atoms with van der Waals surface area (Å²) in [6, 6.07) is 11.5. The van der Waals surface area contributed by atoms with Gasteiger partial charge in [-0.1, -0.05) is 12.1 Å². The molecule has 0 aromatic heterocycles. The minimum atomic E-state index is -1.09. The highest BCUT2D eigenvalue weighted by molar-refractivity contribution is 5.99. The van der Waals surface area contributed by atoms with Crippen molar-refractivity contribution in [1.82, 2.24) is 5.32 Å². The number of esters is 2. The van der Waals surface area contributed by atoms with Gasteiger partial charge in [-0.25, -0.2) is 9.59 Å². The highest BCUT2D eigenvalue weighted by Crippen LogP contribution is 2.16. The van der Waals surface area contributed by atoms with Gasteiger partial charge in [0.2, 0.25) is 5.91 Å². The van der Waals surface area contributed by atoms with E-state index in [1.165, 1.54) is 24.3 Å². The maximum Gasteiger partial charge on any atom is 0.343 e. The van der Waals surface area contributed by atoms with E-state index >= 15 is 0 Å². The van der Waals surface area contributed by atoms with Gasteiger partial charge in [-0.2, -0.15) is 0 Å². The van der Waals surface area contributed by atoms with Crippen LogP contribution < -0.4 is 15.8 Å². The van der Waals surface area contributed by atoms with Crippen molar-refractivity contribution in [2.75, 3.05) is 6.61 Å². The van der Waals surface area contributed by atoms with Gasteiger partial charge in [0.05, 0.1) is 12.2 Å². The third-order valence-electron chi connectivity index (χ3n) is 4.79. The minimum absolute atomic E-state index is 0.0906.